The molecule has 0 fully saturated rings. The first-order valence-electron chi connectivity index (χ1n) is 29.0. The zero-order valence-corrected chi connectivity index (χ0v) is 36.5. The Bertz CT molecular complexity index is 3800. The van der Waals surface area contributed by atoms with Crippen molar-refractivity contribution in [2.45, 2.75) is 72.9 Å². The van der Waals surface area contributed by atoms with Crippen LogP contribution in [-0.2, 0) is 10.8 Å². The monoisotopic (exact) mass is 852 g/mol. The van der Waals surface area contributed by atoms with Gasteiger partial charge in [-0.15, -0.1) is 0 Å². The van der Waals surface area contributed by atoms with Crippen molar-refractivity contribution in [3.8, 4) is 78.6 Å². The fraction of sp³-hybridized carbons (Fsp3) is 0.200. The summed E-state index contributed by atoms with van der Waals surface area (Å²) < 4.78 is 144. The summed E-state index contributed by atoms with van der Waals surface area (Å²) in [5.41, 5.74) is 5.70. The normalized spacial score (nSPS) is 16.3. The minimum Gasteiger partial charge on any atom is -0.496 e. The molecule has 4 heteroatoms. The maximum Gasteiger partial charge on any atom is 0.149 e. The van der Waals surface area contributed by atoms with Crippen LogP contribution in [0.2, 0.25) is 0 Å². The molecule has 0 aliphatic heterocycles. The van der Waals surface area contributed by atoms with Crippen molar-refractivity contribution in [2.75, 3.05) is 7.11 Å². The van der Waals surface area contributed by atoms with E-state index in [1.165, 1.54) is 12.3 Å². The summed E-state index contributed by atoms with van der Waals surface area (Å²) in [6.07, 6.45) is 1.41. The second kappa shape index (κ2) is 16.6. The van der Waals surface area contributed by atoms with Crippen LogP contribution in [0.5, 0.6) is 5.75 Å². The Kier molecular flexibility index (Phi) is 7.05. The van der Waals surface area contributed by atoms with E-state index in [0.29, 0.717) is 61.8 Å². The van der Waals surface area contributed by atoms with Crippen molar-refractivity contribution in [3.05, 3.63) is 192 Å². The molecule has 9 rings (SSSR count). The molecule has 0 aliphatic rings. The van der Waals surface area contributed by atoms with Crippen LogP contribution in [0.15, 0.2) is 164 Å². The molecule has 0 bridgehead atoms. The molecule has 318 valence electrons. The van der Waals surface area contributed by atoms with Crippen molar-refractivity contribution in [1.29, 1.82) is 0 Å². The number of fused-ring (bicyclic) bond motifs is 1. The lowest BCUT2D eigenvalue weighted by Crippen LogP contribution is -2.10. The molecular formula is C60H57N3O. The summed E-state index contributed by atoms with van der Waals surface area (Å²) in [7, 11) is 1.61. The Morgan fingerprint density at radius 3 is 2.02 bits per heavy atom. The number of aromatic nitrogens is 3. The van der Waals surface area contributed by atoms with Crippen LogP contribution in [0, 0.1) is 20.7 Å². The Labute approximate surface area is 401 Å². The lowest BCUT2D eigenvalue weighted by molar-refractivity contribution is 0.413. The molecule has 2 heterocycles. The highest BCUT2D eigenvalue weighted by atomic mass is 16.5. The van der Waals surface area contributed by atoms with Gasteiger partial charge in [-0.3, -0.25) is 9.55 Å². The average molecular weight is 852 g/mol. The van der Waals surface area contributed by atoms with Crippen LogP contribution in [0.25, 0.3) is 83.9 Å². The van der Waals surface area contributed by atoms with Gasteiger partial charge in [0.1, 0.15) is 11.6 Å². The first-order valence-corrected chi connectivity index (χ1v) is 21.0. The summed E-state index contributed by atoms with van der Waals surface area (Å²) in [6, 6.07) is 37.7. The molecule has 0 saturated carbocycles. The van der Waals surface area contributed by atoms with Gasteiger partial charge in [0.15, 0.2) is 0 Å². The maximum absolute atomic E-state index is 9.17. The molecule has 7 aromatic carbocycles. The molecule has 0 radical (unpaired) electrons. The number of hydrogen-bond acceptors (Lipinski definition) is 3. The van der Waals surface area contributed by atoms with E-state index >= 15 is 0 Å². The van der Waals surface area contributed by atoms with Gasteiger partial charge in [0.05, 0.1) is 40.6 Å². The number of nitrogens with zero attached hydrogens (tertiary/aromatic N) is 3. The van der Waals surface area contributed by atoms with E-state index in [0.717, 1.165) is 33.4 Å². The average Bonchev–Trinajstić information content (AvgIpc) is 3.91. The standard InChI is InChI=1S/C60H57N3O/c1-38-19-28-54(51(32-38)43-22-26-49(27-23-43)60(7,8)9)63-55-18-14-17-50(56(55)62-58(63)52-33-39(2)31-40(3)57(52)64-10)46-34-45(41-15-12-11-13-16-41)35-47(36-46)53-37-44(29-30-61-53)42-20-24-48(25-21-42)59(4,5)6/h11-37H,1-10H3/i1D3,4D3,5D3,6D3,20D,21D,24D,25D. The highest BCUT2D eigenvalue weighted by Crippen LogP contribution is 2.43. The molecule has 4 nitrogen and oxygen atoms in total. The number of aryl methyl sites for hydroxylation is 3. The van der Waals surface area contributed by atoms with Crippen molar-refractivity contribution in [2.24, 2.45) is 0 Å². The third-order valence-electron chi connectivity index (χ3n) is 11.5. The second-order valence-corrected chi connectivity index (χ2v) is 17.3. The van der Waals surface area contributed by atoms with E-state index in [1.54, 1.807) is 25.3 Å². The third-order valence-corrected chi connectivity index (χ3v) is 11.5. The molecule has 2 aromatic heterocycles. The van der Waals surface area contributed by atoms with Crippen LogP contribution >= 0.6 is 0 Å². The van der Waals surface area contributed by atoms with Gasteiger partial charge in [0, 0.05) is 39.3 Å². The molecule has 0 N–H and O–H groups in total. The predicted octanol–water partition coefficient (Wildman–Crippen LogP) is 16.0. The molecule has 64 heavy (non-hydrogen) atoms. The molecule has 0 saturated heterocycles. The van der Waals surface area contributed by atoms with Crippen LogP contribution in [0.4, 0.5) is 0 Å². The highest BCUT2D eigenvalue weighted by Gasteiger charge is 2.24. The van der Waals surface area contributed by atoms with E-state index in [1.807, 2.05) is 115 Å². The highest BCUT2D eigenvalue weighted by molar-refractivity contribution is 5.98. The zero-order valence-electron chi connectivity index (χ0n) is 52.5. The molecule has 0 atom stereocenters. The number of rotatable bonds is 8. The van der Waals surface area contributed by atoms with Crippen LogP contribution < -0.4 is 4.74 Å². The SMILES string of the molecule is [2H]c1c([2H])c(C(C([2H])([2H])[2H])(C([2H])([2H])[2H])C([2H])([2H])[2H])c([2H])c([2H])c1-c1ccnc(-c2cc(-c3ccccc3)cc(-c3cccc4c3nc(-c3cc(C)cc(C)c3OC)n4-c3ccc(C([2H])([2H])[2H])cc3-c3ccc(C(C)(C)C)cc3)c2)c1. The fourth-order valence-electron chi connectivity index (χ4n) is 8.38. The molecule has 0 unspecified atom stereocenters. The Morgan fingerprint density at radius 1 is 0.562 bits per heavy atom. The summed E-state index contributed by atoms with van der Waals surface area (Å²) >= 11 is 0. The van der Waals surface area contributed by atoms with Crippen molar-refractivity contribution >= 4 is 11.0 Å². The fourth-order valence-corrected chi connectivity index (χ4v) is 8.38. The van der Waals surface area contributed by atoms with Gasteiger partial charge in [-0.05, 0) is 142 Å². The lowest BCUT2D eigenvalue weighted by Gasteiger charge is -2.21. The minimum atomic E-state index is -3.83. The van der Waals surface area contributed by atoms with Crippen LogP contribution in [0.1, 0.15) is 91.1 Å². The maximum atomic E-state index is 9.17. The van der Waals surface area contributed by atoms with Gasteiger partial charge in [-0.2, -0.15) is 0 Å². The predicted molar refractivity (Wildman–Crippen MR) is 270 cm³/mol. The van der Waals surface area contributed by atoms with Gasteiger partial charge in [0.2, 0.25) is 0 Å². The second-order valence-electron chi connectivity index (χ2n) is 17.3. The quantitative estimate of drug-likeness (QED) is 0.153. The van der Waals surface area contributed by atoms with E-state index in [9.17, 15) is 0 Å². The summed E-state index contributed by atoms with van der Waals surface area (Å²) in [5, 5.41) is 0. The summed E-state index contributed by atoms with van der Waals surface area (Å²) in [4.78, 5) is 10.2. The van der Waals surface area contributed by atoms with Gasteiger partial charge in [0.25, 0.3) is 0 Å². The third kappa shape index (κ3) is 8.17. The Balaban J connectivity index is 1.30. The van der Waals surface area contributed by atoms with E-state index < -0.39 is 62.6 Å². The topological polar surface area (TPSA) is 39.9 Å². The zero-order chi connectivity index (χ0) is 58.4. The van der Waals surface area contributed by atoms with Crippen molar-refractivity contribution in [1.82, 2.24) is 14.5 Å². The largest absolute Gasteiger partial charge is 0.496 e. The lowest BCUT2D eigenvalue weighted by atomic mass is 9.86. The van der Waals surface area contributed by atoms with Gasteiger partial charge >= 0.3 is 0 Å². The number of pyridine rings is 1. The van der Waals surface area contributed by atoms with Crippen molar-refractivity contribution in [3.63, 3.8) is 0 Å². The first-order chi connectivity index (χ1) is 37.3. The van der Waals surface area contributed by atoms with E-state index in [2.05, 4.69) is 32.9 Å². The number of imidazole rings is 1. The van der Waals surface area contributed by atoms with Crippen molar-refractivity contribution < 1.29 is 26.7 Å². The van der Waals surface area contributed by atoms with E-state index in [4.69, 9.17) is 36.6 Å². The minimum absolute atomic E-state index is 0.105. The molecule has 0 spiro atoms. The van der Waals surface area contributed by atoms with Gasteiger partial charge in [-0.1, -0.05) is 150 Å². The molecule has 0 amide bonds. The Morgan fingerprint density at radius 2 is 1.30 bits per heavy atom. The number of ether oxygens (including phenoxy) is 1. The molecule has 9 aromatic rings. The summed E-state index contributed by atoms with van der Waals surface area (Å²) in [6.45, 7) is -3.54. The summed E-state index contributed by atoms with van der Waals surface area (Å²) in [5.74, 6) is 1.13. The van der Waals surface area contributed by atoms with Gasteiger partial charge < -0.3 is 4.74 Å². The van der Waals surface area contributed by atoms with Gasteiger partial charge in [-0.25, -0.2) is 4.98 Å². The van der Waals surface area contributed by atoms with Crippen LogP contribution in [0.3, 0.4) is 0 Å². The number of para-hydroxylation sites is 1. The molecular weight excluding hydrogens is 779 g/mol. The number of hydrogen-bond donors (Lipinski definition) is 0. The molecule has 0 aliphatic carbocycles. The van der Waals surface area contributed by atoms with E-state index in [-0.39, 0.29) is 22.1 Å². The number of benzene rings is 7. The Hall–Kier alpha value is -7.04. The smallest absolute Gasteiger partial charge is 0.149 e. The first kappa shape index (κ1) is 27.2. The van der Waals surface area contributed by atoms with Crippen LogP contribution in [-0.4, -0.2) is 21.6 Å². The number of methoxy groups -OCH3 is 1.